The van der Waals surface area contributed by atoms with Crippen LogP contribution in [0.3, 0.4) is 0 Å². The summed E-state index contributed by atoms with van der Waals surface area (Å²) in [6, 6.07) is 2.51. The van der Waals surface area contributed by atoms with Crippen molar-refractivity contribution in [2.24, 2.45) is 0 Å². The van der Waals surface area contributed by atoms with Gasteiger partial charge >= 0.3 is 5.63 Å². The average Bonchev–Trinajstić information content (AvgIpc) is 1.82. The number of hydrogen-bond donors (Lipinski definition) is 1. The van der Waals surface area contributed by atoms with E-state index in [1.54, 1.807) is 0 Å². The molecule has 0 saturated heterocycles. The van der Waals surface area contributed by atoms with E-state index < -0.39 is 5.63 Å². The third kappa shape index (κ3) is 1.87. The van der Waals surface area contributed by atoms with Crippen molar-refractivity contribution in [1.29, 1.82) is 0 Å². The fraction of sp³-hybridized carbons (Fsp3) is 0.444. The van der Waals surface area contributed by atoms with E-state index in [1.807, 2.05) is 20.8 Å². The molecule has 0 aliphatic heterocycles. The highest BCUT2D eigenvalue weighted by Gasteiger charge is 2.17. The van der Waals surface area contributed by atoms with Crippen LogP contribution in [0.4, 0.5) is 0 Å². The van der Waals surface area contributed by atoms with Crippen LogP contribution in [0.1, 0.15) is 26.5 Å². The van der Waals surface area contributed by atoms with Crippen LogP contribution in [0.2, 0.25) is 0 Å². The third-order valence-electron chi connectivity index (χ3n) is 1.49. The maximum Gasteiger partial charge on any atom is 0.339 e. The fourth-order valence-corrected chi connectivity index (χ4v) is 0.834. The monoisotopic (exact) mass is 168 g/mol. The molecule has 12 heavy (non-hydrogen) atoms. The standard InChI is InChI=1S/C9H12O3/c1-9(2,3)7-4-6(10)5-8(11)12-7/h4-5,10H,1-3H3. The molecule has 0 atom stereocenters. The van der Waals surface area contributed by atoms with Gasteiger partial charge in [-0.25, -0.2) is 4.79 Å². The quantitative estimate of drug-likeness (QED) is 0.640. The molecule has 0 bridgehead atoms. The van der Waals surface area contributed by atoms with Crippen LogP contribution in [-0.4, -0.2) is 5.11 Å². The minimum atomic E-state index is -0.514. The molecular weight excluding hydrogens is 156 g/mol. The maximum absolute atomic E-state index is 10.8. The summed E-state index contributed by atoms with van der Waals surface area (Å²) >= 11 is 0. The molecule has 1 heterocycles. The van der Waals surface area contributed by atoms with Gasteiger partial charge in [0.05, 0.1) is 6.07 Å². The molecule has 0 aliphatic rings. The molecule has 66 valence electrons. The molecule has 1 aromatic heterocycles. The zero-order chi connectivity index (χ0) is 9.35. The normalized spacial score (nSPS) is 11.6. The Kier molecular flexibility index (Phi) is 1.96. The first-order valence-corrected chi connectivity index (χ1v) is 3.74. The summed E-state index contributed by atoms with van der Waals surface area (Å²) < 4.78 is 4.91. The summed E-state index contributed by atoms with van der Waals surface area (Å²) in [7, 11) is 0. The lowest BCUT2D eigenvalue weighted by Crippen LogP contribution is -2.13. The van der Waals surface area contributed by atoms with Gasteiger partial charge in [-0.2, -0.15) is 0 Å². The van der Waals surface area contributed by atoms with E-state index in [0.29, 0.717) is 5.76 Å². The van der Waals surface area contributed by atoms with Gasteiger partial charge in [0.1, 0.15) is 11.5 Å². The summed E-state index contributed by atoms with van der Waals surface area (Å²) in [5, 5.41) is 9.10. The van der Waals surface area contributed by atoms with Crippen molar-refractivity contribution in [3.05, 3.63) is 28.3 Å². The first-order valence-electron chi connectivity index (χ1n) is 3.74. The van der Waals surface area contributed by atoms with Gasteiger partial charge in [0, 0.05) is 11.5 Å². The van der Waals surface area contributed by atoms with E-state index in [9.17, 15) is 4.79 Å². The zero-order valence-electron chi connectivity index (χ0n) is 7.42. The molecule has 1 rings (SSSR count). The summed E-state index contributed by atoms with van der Waals surface area (Å²) in [5.74, 6) is 0.448. The van der Waals surface area contributed by atoms with Gasteiger partial charge in [-0.15, -0.1) is 0 Å². The zero-order valence-corrected chi connectivity index (χ0v) is 7.42. The van der Waals surface area contributed by atoms with Gasteiger partial charge in [0.15, 0.2) is 0 Å². The van der Waals surface area contributed by atoms with Crippen LogP contribution in [0.5, 0.6) is 5.75 Å². The van der Waals surface area contributed by atoms with Crippen LogP contribution in [0.25, 0.3) is 0 Å². The molecule has 0 radical (unpaired) electrons. The second-order valence-electron chi connectivity index (χ2n) is 3.75. The molecule has 1 N–H and O–H groups in total. The second kappa shape index (κ2) is 2.66. The molecule has 1 aromatic rings. The van der Waals surface area contributed by atoms with Gasteiger partial charge in [0.2, 0.25) is 0 Å². The van der Waals surface area contributed by atoms with Crippen LogP contribution in [0.15, 0.2) is 21.3 Å². The van der Waals surface area contributed by atoms with Crippen molar-refractivity contribution in [2.45, 2.75) is 26.2 Å². The van der Waals surface area contributed by atoms with Crippen molar-refractivity contribution < 1.29 is 9.52 Å². The topological polar surface area (TPSA) is 50.4 Å². The van der Waals surface area contributed by atoms with E-state index in [-0.39, 0.29) is 11.2 Å². The minimum Gasteiger partial charge on any atom is -0.508 e. The first kappa shape index (κ1) is 8.84. The van der Waals surface area contributed by atoms with Crippen LogP contribution >= 0.6 is 0 Å². The molecule has 0 aromatic carbocycles. The third-order valence-corrected chi connectivity index (χ3v) is 1.49. The number of rotatable bonds is 0. The number of aromatic hydroxyl groups is 1. The highest BCUT2D eigenvalue weighted by molar-refractivity contribution is 5.22. The first-order chi connectivity index (χ1) is 5.39. The van der Waals surface area contributed by atoms with E-state index >= 15 is 0 Å². The Morgan fingerprint density at radius 1 is 1.33 bits per heavy atom. The Morgan fingerprint density at radius 3 is 2.33 bits per heavy atom. The van der Waals surface area contributed by atoms with Crippen LogP contribution in [0, 0.1) is 0 Å². The van der Waals surface area contributed by atoms with Crippen molar-refractivity contribution in [1.82, 2.24) is 0 Å². The lowest BCUT2D eigenvalue weighted by Gasteiger charge is -2.15. The predicted octanol–water partition coefficient (Wildman–Crippen LogP) is 1.64. The molecule has 3 heteroatoms. The summed E-state index contributed by atoms with van der Waals surface area (Å²) in [6.07, 6.45) is 0. The van der Waals surface area contributed by atoms with Crippen LogP contribution < -0.4 is 5.63 Å². The van der Waals surface area contributed by atoms with E-state index in [2.05, 4.69) is 0 Å². The molecule has 0 spiro atoms. The summed E-state index contributed by atoms with van der Waals surface area (Å²) in [5.41, 5.74) is -0.766. The predicted molar refractivity (Wildman–Crippen MR) is 45.3 cm³/mol. The molecule has 0 amide bonds. The Labute approximate surface area is 70.7 Å². The second-order valence-corrected chi connectivity index (χ2v) is 3.75. The van der Waals surface area contributed by atoms with E-state index in [1.165, 1.54) is 6.07 Å². The van der Waals surface area contributed by atoms with E-state index in [0.717, 1.165) is 6.07 Å². The number of hydrogen-bond acceptors (Lipinski definition) is 3. The fourth-order valence-electron chi connectivity index (χ4n) is 0.834. The lowest BCUT2D eigenvalue weighted by molar-refractivity contribution is 0.364. The Balaban J connectivity index is 3.27. The summed E-state index contributed by atoms with van der Waals surface area (Å²) in [6.45, 7) is 5.72. The highest BCUT2D eigenvalue weighted by atomic mass is 16.4. The smallest absolute Gasteiger partial charge is 0.339 e. The largest absolute Gasteiger partial charge is 0.508 e. The maximum atomic E-state index is 10.8. The van der Waals surface area contributed by atoms with Gasteiger partial charge < -0.3 is 9.52 Å². The Bertz CT molecular complexity index is 330. The average molecular weight is 168 g/mol. The molecule has 3 nitrogen and oxygen atoms in total. The van der Waals surface area contributed by atoms with Gasteiger partial charge in [0.25, 0.3) is 0 Å². The molecule has 0 unspecified atom stereocenters. The van der Waals surface area contributed by atoms with Crippen molar-refractivity contribution in [3.8, 4) is 5.75 Å². The Morgan fingerprint density at radius 2 is 1.92 bits per heavy atom. The molecular formula is C9H12O3. The van der Waals surface area contributed by atoms with Gasteiger partial charge in [-0.3, -0.25) is 0 Å². The van der Waals surface area contributed by atoms with Crippen LogP contribution in [-0.2, 0) is 5.41 Å². The Hall–Kier alpha value is -1.25. The molecule has 0 saturated carbocycles. The molecule has 0 fully saturated rings. The van der Waals surface area contributed by atoms with Crippen molar-refractivity contribution in [3.63, 3.8) is 0 Å². The lowest BCUT2D eigenvalue weighted by atomic mass is 9.93. The van der Waals surface area contributed by atoms with Gasteiger partial charge in [-0.05, 0) is 0 Å². The highest BCUT2D eigenvalue weighted by Crippen LogP contribution is 2.23. The minimum absolute atomic E-state index is 0.0452. The van der Waals surface area contributed by atoms with Crippen molar-refractivity contribution >= 4 is 0 Å². The van der Waals surface area contributed by atoms with E-state index in [4.69, 9.17) is 9.52 Å². The van der Waals surface area contributed by atoms with Crippen molar-refractivity contribution in [2.75, 3.05) is 0 Å². The molecule has 0 aliphatic carbocycles. The van der Waals surface area contributed by atoms with Gasteiger partial charge in [-0.1, -0.05) is 20.8 Å². The summed E-state index contributed by atoms with van der Waals surface area (Å²) in [4.78, 5) is 10.8. The SMILES string of the molecule is CC(C)(C)c1cc(O)cc(=O)o1.